The van der Waals surface area contributed by atoms with Crippen LogP contribution in [-0.2, 0) is 25.4 Å². The number of fused-ring (bicyclic) bond motifs is 2. The van der Waals surface area contributed by atoms with Crippen LogP contribution in [0, 0.1) is 34.0 Å². The molecular formula is C75H61ClN12O10. The maximum absolute atomic E-state index is 13.9. The highest BCUT2D eigenvalue weighted by Crippen LogP contribution is 2.42. The first-order valence-corrected chi connectivity index (χ1v) is 31.1. The third-order valence-electron chi connectivity index (χ3n) is 15.6. The van der Waals surface area contributed by atoms with Crippen LogP contribution < -0.4 is 30.2 Å². The number of benzene rings is 6. The Labute approximate surface area is 568 Å². The molecule has 0 fully saturated rings. The number of halogens is 1. The highest BCUT2D eigenvalue weighted by Gasteiger charge is 2.29. The van der Waals surface area contributed by atoms with E-state index in [1.165, 1.54) is 11.1 Å². The SMILES string of the molecule is CC(Cc1cnc2c(OCOC(=O)OC(C)c3ccnc4c(OC(=O)N(C)C)c(C(Nc5ccccn5)c5ccc(C#N)cc5)ccc34)c(C(Nc3ccccn3)c3ccc(C#N)cc3)ccc2c1)OC(=O)OCOc1ccc(Cl)cc1C(Nc1ccccn1)c1ccc(C#N)cc1. The van der Waals surface area contributed by atoms with Crippen LogP contribution in [0.5, 0.6) is 17.2 Å². The van der Waals surface area contributed by atoms with E-state index < -0.39 is 62.3 Å². The van der Waals surface area contributed by atoms with Gasteiger partial charge in [0.25, 0.3) is 0 Å². The summed E-state index contributed by atoms with van der Waals surface area (Å²) in [5, 5.41) is 40.7. The number of pyridine rings is 5. The largest absolute Gasteiger partial charge is 0.511 e. The molecule has 0 aliphatic rings. The zero-order chi connectivity index (χ0) is 68.5. The number of hydrogen-bond acceptors (Lipinski definition) is 21. The maximum Gasteiger partial charge on any atom is 0.511 e. The fraction of sp³-hybridized carbons (Fsp3) is 0.160. The van der Waals surface area contributed by atoms with Crippen molar-refractivity contribution in [3.8, 4) is 35.5 Å². The summed E-state index contributed by atoms with van der Waals surface area (Å²) < 4.78 is 41.5. The molecule has 11 aromatic rings. The molecule has 11 rings (SSSR count). The summed E-state index contributed by atoms with van der Waals surface area (Å²) in [5.74, 6) is 2.34. The van der Waals surface area contributed by atoms with E-state index in [0.717, 1.165) is 16.7 Å². The van der Waals surface area contributed by atoms with Crippen molar-refractivity contribution in [2.75, 3.05) is 43.6 Å². The number of nitrogens with one attached hydrogen (secondary N) is 3. The Bertz CT molecular complexity index is 4770. The van der Waals surface area contributed by atoms with Gasteiger partial charge in [-0.2, -0.15) is 15.8 Å². The zero-order valence-corrected chi connectivity index (χ0v) is 54.0. The van der Waals surface area contributed by atoms with Crippen LogP contribution in [0.1, 0.15) is 99.3 Å². The van der Waals surface area contributed by atoms with E-state index in [4.69, 9.17) is 54.7 Å². The summed E-state index contributed by atoms with van der Waals surface area (Å²) in [7, 11) is 3.12. The van der Waals surface area contributed by atoms with Crippen molar-refractivity contribution in [3.05, 3.63) is 279 Å². The number of rotatable bonds is 24. The molecule has 3 N–H and O–H groups in total. The van der Waals surface area contributed by atoms with E-state index in [1.54, 1.807) is 168 Å². The number of carbonyl (C=O) groups excluding carboxylic acids is 3. The fourth-order valence-electron chi connectivity index (χ4n) is 10.9. The Morgan fingerprint density at radius 1 is 0.510 bits per heavy atom. The Balaban J connectivity index is 0.818. The number of nitrogens with zero attached hydrogens (tertiary/aromatic N) is 9. The molecule has 0 aliphatic heterocycles. The van der Waals surface area contributed by atoms with E-state index >= 15 is 0 Å². The van der Waals surface area contributed by atoms with Gasteiger partial charge in [-0.1, -0.05) is 90.5 Å². The lowest BCUT2D eigenvalue weighted by molar-refractivity contribution is -0.0127. The average molecular weight is 1330 g/mol. The summed E-state index contributed by atoms with van der Waals surface area (Å²) in [6.45, 7) is 2.22. The molecule has 0 saturated heterocycles. The van der Waals surface area contributed by atoms with Gasteiger partial charge in [-0.15, -0.1) is 0 Å². The quantitative estimate of drug-likeness (QED) is 0.0374. The minimum absolute atomic E-state index is 0.131. The number of hydrogen-bond donors (Lipinski definition) is 3. The van der Waals surface area contributed by atoms with Gasteiger partial charge in [0.2, 0.25) is 13.6 Å². The third-order valence-corrected chi connectivity index (χ3v) is 15.8. The van der Waals surface area contributed by atoms with Crippen molar-refractivity contribution in [2.45, 2.75) is 50.6 Å². The van der Waals surface area contributed by atoms with Gasteiger partial charge in [0.15, 0.2) is 11.5 Å². The minimum Gasteiger partial charge on any atom is -0.457 e. The van der Waals surface area contributed by atoms with Gasteiger partial charge in [-0.25, -0.2) is 29.3 Å². The summed E-state index contributed by atoms with van der Waals surface area (Å²) in [4.78, 5) is 65.0. The van der Waals surface area contributed by atoms with E-state index in [1.807, 2.05) is 66.7 Å². The Morgan fingerprint density at radius 2 is 1.02 bits per heavy atom. The second-order valence-corrected chi connectivity index (χ2v) is 22.8. The molecule has 0 bridgehead atoms. The van der Waals surface area contributed by atoms with Gasteiger partial charge in [-0.05, 0) is 139 Å². The molecular weight excluding hydrogens is 1260 g/mol. The maximum atomic E-state index is 13.9. The second-order valence-electron chi connectivity index (χ2n) is 22.4. The molecule has 1 amide bonds. The van der Waals surface area contributed by atoms with E-state index in [0.29, 0.717) is 89.0 Å². The van der Waals surface area contributed by atoms with Crippen LogP contribution in [0.25, 0.3) is 21.8 Å². The molecule has 0 aliphatic carbocycles. The van der Waals surface area contributed by atoms with Crippen LogP contribution >= 0.6 is 11.6 Å². The van der Waals surface area contributed by atoms with Crippen molar-refractivity contribution in [1.29, 1.82) is 15.8 Å². The van der Waals surface area contributed by atoms with Crippen molar-refractivity contribution >= 4 is 69.3 Å². The lowest BCUT2D eigenvalue weighted by atomic mass is 9.94. The van der Waals surface area contributed by atoms with E-state index in [-0.39, 0.29) is 23.4 Å². The van der Waals surface area contributed by atoms with Gasteiger partial charge < -0.3 is 54.0 Å². The molecule has 5 aromatic heterocycles. The van der Waals surface area contributed by atoms with Gasteiger partial charge >= 0.3 is 18.4 Å². The van der Waals surface area contributed by atoms with Crippen LogP contribution in [-0.4, -0.2) is 82.0 Å². The monoisotopic (exact) mass is 1320 g/mol. The molecule has 0 radical (unpaired) electrons. The molecule has 6 aromatic carbocycles. The fourth-order valence-corrected chi connectivity index (χ4v) is 11.0. The Kier molecular flexibility index (Phi) is 21.3. The predicted octanol–water partition coefficient (Wildman–Crippen LogP) is 15.3. The third kappa shape index (κ3) is 16.4. The number of carbonyl (C=O) groups is 3. The van der Waals surface area contributed by atoms with Gasteiger partial charge in [0.1, 0.15) is 46.4 Å². The van der Waals surface area contributed by atoms with Crippen molar-refractivity contribution < 1.29 is 47.5 Å². The number of aromatic nitrogens is 5. The van der Waals surface area contributed by atoms with E-state index in [2.05, 4.69) is 49.1 Å². The first-order chi connectivity index (χ1) is 47.7. The zero-order valence-electron chi connectivity index (χ0n) is 53.2. The predicted molar refractivity (Wildman–Crippen MR) is 365 cm³/mol. The van der Waals surface area contributed by atoms with Gasteiger partial charge in [0, 0.05) is 89.5 Å². The molecule has 5 heterocycles. The molecule has 0 saturated carbocycles. The van der Waals surface area contributed by atoms with Crippen LogP contribution in [0.15, 0.2) is 213 Å². The molecule has 5 unspecified atom stereocenters. The first-order valence-electron chi connectivity index (χ1n) is 30.7. The van der Waals surface area contributed by atoms with Crippen molar-refractivity contribution in [1.82, 2.24) is 29.8 Å². The smallest absolute Gasteiger partial charge is 0.457 e. The van der Waals surface area contributed by atoms with Crippen LogP contribution in [0.2, 0.25) is 5.02 Å². The number of ether oxygens (including phenoxy) is 7. The summed E-state index contributed by atoms with van der Waals surface area (Å²) in [6, 6.07) is 57.9. The molecule has 5 atom stereocenters. The highest BCUT2D eigenvalue weighted by atomic mass is 35.5. The summed E-state index contributed by atoms with van der Waals surface area (Å²) >= 11 is 6.54. The summed E-state index contributed by atoms with van der Waals surface area (Å²) in [5.41, 5.74) is 7.19. The van der Waals surface area contributed by atoms with Crippen LogP contribution in [0.3, 0.4) is 0 Å². The topological polar surface area (TPSA) is 291 Å². The summed E-state index contributed by atoms with van der Waals surface area (Å²) in [6.07, 6.45) is 3.90. The Morgan fingerprint density at radius 3 is 1.54 bits per heavy atom. The number of nitriles is 3. The van der Waals surface area contributed by atoms with Gasteiger partial charge in [0.05, 0.1) is 53.0 Å². The second kappa shape index (κ2) is 31.4. The standard InChI is InChI=1S/C75H61ClN12O10/c1-46(96-74(90)94-44-92-62-31-27-56(76)39-61(62)68(87-65-13-7-10-35-82-65)54-24-18-50(42-79)19-25-54)37-51-38-55-26-28-59(66(85-63-11-5-8-33-80-63)52-20-14-48(40-77)15-21-52)71(69(55)84-43-51)93-45-95-75(91)97-47(2)57-32-36-83-70-58(57)29-30-60(72(70)98-73(89)88(3)4)67(86-64-12-6-9-34-81-64)53-22-16-49(41-78)17-23-53/h5-36,38-39,43,46-47,66-68H,37,44-45H2,1-4H3,(H,80,85)(H,81,86)(H,82,87). The number of amides is 1. The van der Waals surface area contributed by atoms with Crippen molar-refractivity contribution in [2.24, 2.45) is 0 Å². The molecule has 488 valence electrons. The normalized spacial score (nSPS) is 12.3. The average Bonchev–Trinajstić information content (AvgIpc) is 0.743. The molecule has 98 heavy (non-hydrogen) atoms. The van der Waals surface area contributed by atoms with Crippen molar-refractivity contribution in [3.63, 3.8) is 0 Å². The molecule has 0 spiro atoms. The first kappa shape index (κ1) is 66.6. The van der Waals surface area contributed by atoms with E-state index in [9.17, 15) is 30.2 Å². The minimum atomic E-state index is -1.08. The highest BCUT2D eigenvalue weighted by molar-refractivity contribution is 6.30. The van der Waals surface area contributed by atoms with Crippen LogP contribution in [0.4, 0.5) is 31.8 Å². The number of anilines is 3. The van der Waals surface area contributed by atoms with Gasteiger partial charge in [-0.3, -0.25) is 9.97 Å². The lowest BCUT2D eigenvalue weighted by Crippen LogP contribution is -2.26. The molecule has 22 nitrogen and oxygen atoms in total. The lowest BCUT2D eigenvalue weighted by Gasteiger charge is -2.25. The molecule has 23 heteroatoms. The Hall–Kier alpha value is -12.8.